The lowest BCUT2D eigenvalue weighted by molar-refractivity contribution is 0.102. The third-order valence-corrected chi connectivity index (χ3v) is 4.58. The van der Waals surface area contributed by atoms with Crippen LogP contribution >= 0.6 is 23.2 Å². The summed E-state index contributed by atoms with van der Waals surface area (Å²) in [4.78, 5) is 12.4. The summed E-state index contributed by atoms with van der Waals surface area (Å²) < 4.78 is 4.41. The molecule has 114 valence electrons. The van der Waals surface area contributed by atoms with E-state index in [1.165, 1.54) is 0 Å². The third-order valence-electron chi connectivity index (χ3n) is 3.74. The molecule has 1 amide bonds. The Morgan fingerprint density at radius 3 is 2.64 bits per heavy atom. The van der Waals surface area contributed by atoms with E-state index in [2.05, 4.69) is 5.32 Å². The number of rotatable bonds is 4. The molecule has 0 spiro atoms. The molecule has 3 nitrogen and oxygen atoms in total. The van der Waals surface area contributed by atoms with Gasteiger partial charge in [-0.1, -0.05) is 24.3 Å². The van der Waals surface area contributed by atoms with Crippen molar-refractivity contribution in [1.29, 1.82) is 0 Å². The molecule has 1 N–H and O–H groups in total. The summed E-state index contributed by atoms with van der Waals surface area (Å²) >= 11 is 12.3. The molecule has 1 saturated carbocycles. The highest BCUT2D eigenvalue weighted by molar-refractivity contribution is 6.51. The van der Waals surface area contributed by atoms with Gasteiger partial charge < -0.3 is 10.1 Å². The van der Waals surface area contributed by atoms with Gasteiger partial charge in [0.25, 0.3) is 5.91 Å². The molecular weight excluding hydrogens is 321 g/mol. The molecule has 0 aromatic heterocycles. The first kappa shape index (κ1) is 15.2. The Labute approximate surface area is 139 Å². The van der Waals surface area contributed by atoms with Crippen molar-refractivity contribution in [2.45, 2.75) is 16.7 Å². The van der Waals surface area contributed by atoms with E-state index in [4.69, 9.17) is 27.9 Å². The molecule has 1 aliphatic carbocycles. The first-order valence-electron chi connectivity index (χ1n) is 6.93. The van der Waals surface area contributed by atoms with Crippen LogP contribution in [0.2, 0.25) is 0 Å². The second-order valence-corrected chi connectivity index (χ2v) is 6.83. The van der Waals surface area contributed by atoms with Gasteiger partial charge in [-0.15, -0.1) is 23.2 Å². The third kappa shape index (κ3) is 3.06. The van der Waals surface area contributed by atoms with Gasteiger partial charge >= 0.3 is 0 Å². The first-order valence-corrected chi connectivity index (χ1v) is 7.69. The van der Waals surface area contributed by atoms with Gasteiger partial charge in [0.15, 0.2) is 0 Å². The Bertz CT molecular complexity index is 715. The lowest BCUT2D eigenvalue weighted by Crippen LogP contribution is -2.13. The second-order valence-electron chi connectivity index (χ2n) is 5.29. The van der Waals surface area contributed by atoms with E-state index in [0.29, 0.717) is 17.7 Å². The minimum Gasteiger partial charge on any atom is -0.497 e. The van der Waals surface area contributed by atoms with E-state index in [1.807, 2.05) is 24.3 Å². The van der Waals surface area contributed by atoms with Gasteiger partial charge in [-0.05, 0) is 36.2 Å². The fourth-order valence-electron chi connectivity index (χ4n) is 2.42. The standard InChI is InChI=1S/C17H15Cl2NO2/c1-22-12-6-4-5-11(9-12)16(21)20-15-8-3-2-7-13(15)14-10-17(14,18)19/h2-9,14H,10H2,1H3,(H,20,21). The number of para-hydroxylation sites is 1. The number of methoxy groups -OCH3 is 1. The molecule has 0 radical (unpaired) electrons. The number of benzene rings is 2. The number of carbonyl (C=O) groups excluding carboxylic acids is 1. The SMILES string of the molecule is COc1cccc(C(=O)Nc2ccccc2C2CC2(Cl)Cl)c1. The molecule has 22 heavy (non-hydrogen) atoms. The predicted molar refractivity (Wildman–Crippen MR) is 89.2 cm³/mol. The van der Waals surface area contributed by atoms with E-state index in [-0.39, 0.29) is 11.8 Å². The first-order chi connectivity index (χ1) is 10.5. The molecule has 1 atom stereocenters. The summed E-state index contributed by atoms with van der Waals surface area (Å²) in [5.74, 6) is 0.503. The van der Waals surface area contributed by atoms with Crippen molar-refractivity contribution < 1.29 is 9.53 Å². The topological polar surface area (TPSA) is 38.3 Å². The van der Waals surface area contributed by atoms with Gasteiger partial charge in [-0.2, -0.15) is 0 Å². The number of anilines is 1. The van der Waals surface area contributed by atoms with Crippen LogP contribution in [0.25, 0.3) is 0 Å². The van der Waals surface area contributed by atoms with Crippen molar-refractivity contribution >= 4 is 34.8 Å². The average Bonchev–Trinajstić information content (AvgIpc) is 3.16. The van der Waals surface area contributed by atoms with Crippen LogP contribution < -0.4 is 10.1 Å². The quantitative estimate of drug-likeness (QED) is 0.828. The van der Waals surface area contributed by atoms with Crippen LogP contribution in [0.15, 0.2) is 48.5 Å². The zero-order chi connectivity index (χ0) is 15.7. The molecule has 1 unspecified atom stereocenters. The van der Waals surface area contributed by atoms with Crippen molar-refractivity contribution in [2.75, 3.05) is 12.4 Å². The lowest BCUT2D eigenvalue weighted by Gasteiger charge is -2.12. The molecule has 0 heterocycles. The van der Waals surface area contributed by atoms with Crippen LogP contribution in [-0.2, 0) is 0 Å². The van der Waals surface area contributed by atoms with E-state index < -0.39 is 4.33 Å². The van der Waals surface area contributed by atoms with Gasteiger partial charge in [0.2, 0.25) is 0 Å². The van der Waals surface area contributed by atoms with Crippen molar-refractivity contribution in [3.63, 3.8) is 0 Å². The monoisotopic (exact) mass is 335 g/mol. The van der Waals surface area contributed by atoms with Crippen molar-refractivity contribution in [3.05, 3.63) is 59.7 Å². The molecule has 5 heteroatoms. The van der Waals surface area contributed by atoms with Gasteiger partial charge in [0.05, 0.1) is 7.11 Å². The largest absolute Gasteiger partial charge is 0.497 e. The lowest BCUT2D eigenvalue weighted by atomic mass is 10.1. The van der Waals surface area contributed by atoms with Gasteiger partial charge in [0, 0.05) is 17.2 Å². The van der Waals surface area contributed by atoms with Gasteiger partial charge in [-0.25, -0.2) is 0 Å². The normalized spacial score (nSPS) is 18.6. The van der Waals surface area contributed by atoms with Crippen LogP contribution in [0.5, 0.6) is 5.75 Å². The fourth-order valence-corrected chi connectivity index (χ4v) is 2.97. The number of amides is 1. The summed E-state index contributed by atoms with van der Waals surface area (Å²) in [7, 11) is 1.57. The number of carbonyl (C=O) groups is 1. The highest BCUT2D eigenvalue weighted by Crippen LogP contribution is 2.60. The molecule has 2 aromatic carbocycles. The zero-order valence-corrected chi connectivity index (χ0v) is 13.5. The van der Waals surface area contributed by atoms with Gasteiger partial charge in [-0.3, -0.25) is 4.79 Å². The average molecular weight is 336 g/mol. The Morgan fingerprint density at radius 2 is 1.95 bits per heavy atom. The zero-order valence-electron chi connectivity index (χ0n) is 12.0. The van der Waals surface area contributed by atoms with Crippen LogP contribution in [0.1, 0.15) is 28.3 Å². The van der Waals surface area contributed by atoms with E-state index in [0.717, 1.165) is 11.3 Å². The number of hydrogen-bond donors (Lipinski definition) is 1. The van der Waals surface area contributed by atoms with Crippen molar-refractivity contribution in [3.8, 4) is 5.75 Å². The summed E-state index contributed by atoms with van der Waals surface area (Å²) in [5, 5.41) is 2.93. The number of halogens is 2. The van der Waals surface area contributed by atoms with E-state index >= 15 is 0 Å². The molecule has 1 aliphatic rings. The van der Waals surface area contributed by atoms with Crippen LogP contribution in [0, 0.1) is 0 Å². The molecule has 0 bridgehead atoms. The number of ether oxygens (including phenoxy) is 1. The van der Waals surface area contributed by atoms with E-state index in [1.54, 1.807) is 31.4 Å². The van der Waals surface area contributed by atoms with Gasteiger partial charge in [0.1, 0.15) is 10.1 Å². The summed E-state index contributed by atoms with van der Waals surface area (Å²) in [6.45, 7) is 0. The Hall–Kier alpha value is -1.71. The number of alkyl halides is 2. The Balaban J connectivity index is 1.83. The highest BCUT2D eigenvalue weighted by Gasteiger charge is 2.53. The highest BCUT2D eigenvalue weighted by atomic mass is 35.5. The minimum absolute atomic E-state index is 0.0534. The minimum atomic E-state index is -0.725. The molecule has 2 aromatic rings. The summed E-state index contributed by atoms with van der Waals surface area (Å²) in [6, 6.07) is 14.6. The molecular formula is C17H15Cl2NO2. The number of nitrogens with one attached hydrogen (secondary N) is 1. The van der Waals surface area contributed by atoms with Crippen molar-refractivity contribution in [2.24, 2.45) is 0 Å². The molecule has 0 aliphatic heterocycles. The van der Waals surface area contributed by atoms with Crippen LogP contribution in [0.3, 0.4) is 0 Å². The van der Waals surface area contributed by atoms with Crippen LogP contribution in [0.4, 0.5) is 5.69 Å². The molecule has 0 saturated heterocycles. The second kappa shape index (κ2) is 5.82. The smallest absolute Gasteiger partial charge is 0.255 e. The maximum atomic E-state index is 12.4. The predicted octanol–water partition coefficient (Wildman–Crippen LogP) is 4.61. The molecule has 1 fully saturated rings. The Kier molecular flexibility index (Phi) is 4.02. The molecule has 3 rings (SSSR count). The Morgan fingerprint density at radius 1 is 1.23 bits per heavy atom. The summed E-state index contributed by atoms with van der Waals surface area (Å²) in [5.41, 5.74) is 2.24. The fraction of sp³-hybridized carbons (Fsp3) is 0.235. The van der Waals surface area contributed by atoms with E-state index in [9.17, 15) is 4.79 Å². The van der Waals surface area contributed by atoms with Crippen molar-refractivity contribution in [1.82, 2.24) is 0 Å². The number of hydrogen-bond acceptors (Lipinski definition) is 2. The van der Waals surface area contributed by atoms with Crippen LogP contribution in [-0.4, -0.2) is 17.4 Å². The summed E-state index contributed by atoms with van der Waals surface area (Å²) in [6.07, 6.45) is 0.697. The maximum Gasteiger partial charge on any atom is 0.255 e. The maximum absolute atomic E-state index is 12.4.